The number of carboxylic acids is 1. The van der Waals surface area contributed by atoms with Gasteiger partial charge in [0.15, 0.2) is 0 Å². The molecule has 1 N–H and O–H groups in total. The number of aliphatic carboxylic acids is 1. The number of epoxide rings is 1. The summed E-state index contributed by atoms with van der Waals surface area (Å²) in [5, 5.41) is 8.31. The fraction of sp³-hybridized carbons (Fsp3) is 0.571. The summed E-state index contributed by atoms with van der Waals surface area (Å²) in [6, 6.07) is 0. The van der Waals surface area contributed by atoms with Gasteiger partial charge in [-0.15, -0.1) is 0 Å². The van der Waals surface area contributed by atoms with E-state index in [2.05, 4.69) is 13.2 Å². The van der Waals surface area contributed by atoms with E-state index in [0.717, 1.165) is 12.8 Å². The molecule has 0 bridgehead atoms. The summed E-state index contributed by atoms with van der Waals surface area (Å²) < 4.78 is 9.60. The molecule has 108 valence electrons. The first-order valence-corrected chi connectivity index (χ1v) is 6.23. The first-order valence-electron chi connectivity index (χ1n) is 6.23. The van der Waals surface area contributed by atoms with Gasteiger partial charge in [0, 0.05) is 11.1 Å². The maximum absolute atomic E-state index is 10.7. The number of carbonyl (C=O) groups excluding carboxylic acids is 1. The van der Waals surface area contributed by atoms with E-state index in [1.165, 1.54) is 0 Å². The maximum Gasteiger partial charge on any atom is 0.333 e. The standard InChI is InChI=1S/C7H10O3.C7H12O2/c1-5(2)7(8)10-4-6-3-9-6;1-3-4-5-6(2)7(8)9/h6H,1,3-4H2,2H3;2-5H2,1H3,(H,8,9). The molecule has 1 heterocycles. The largest absolute Gasteiger partial charge is 0.478 e. The van der Waals surface area contributed by atoms with Crippen molar-refractivity contribution in [2.45, 2.75) is 39.2 Å². The van der Waals surface area contributed by atoms with Crippen molar-refractivity contribution in [3.05, 3.63) is 24.3 Å². The van der Waals surface area contributed by atoms with Gasteiger partial charge >= 0.3 is 11.9 Å². The zero-order chi connectivity index (χ0) is 14.8. The molecule has 0 spiro atoms. The zero-order valence-corrected chi connectivity index (χ0v) is 11.6. The number of esters is 1. The first-order chi connectivity index (χ1) is 8.88. The monoisotopic (exact) mass is 270 g/mol. The summed E-state index contributed by atoms with van der Waals surface area (Å²) in [6.45, 7) is 11.6. The fourth-order valence-electron chi connectivity index (χ4n) is 0.953. The van der Waals surface area contributed by atoms with Gasteiger partial charge in [0.05, 0.1) is 6.61 Å². The van der Waals surface area contributed by atoms with Crippen LogP contribution >= 0.6 is 0 Å². The summed E-state index contributed by atoms with van der Waals surface area (Å²) in [4.78, 5) is 20.8. The van der Waals surface area contributed by atoms with Crippen molar-refractivity contribution in [3.8, 4) is 0 Å². The first kappa shape index (κ1) is 17.4. The van der Waals surface area contributed by atoms with E-state index in [1.807, 2.05) is 6.92 Å². The van der Waals surface area contributed by atoms with Gasteiger partial charge in [-0.1, -0.05) is 26.5 Å². The highest BCUT2D eigenvalue weighted by atomic mass is 16.6. The minimum Gasteiger partial charge on any atom is -0.478 e. The number of hydrogen-bond donors (Lipinski definition) is 1. The van der Waals surface area contributed by atoms with E-state index in [0.29, 0.717) is 30.8 Å². The molecule has 0 aromatic heterocycles. The Morgan fingerprint density at radius 2 is 2.00 bits per heavy atom. The third kappa shape index (κ3) is 10.0. The van der Waals surface area contributed by atoms with Crippen LogP contribution in [0.1, 0.15) is 33.1 Å². The van der Waals surface area contributed by atoms with Crippen LogP contribution in [0.2, 0.25) is 0 Å². The smallest absolute Gasteiger partial charge is 0.333 e. The molecule has 1 atom stereocenters. The van der Waals surface area contributed by atoms with E-state index in [9.17, 15) is 9.59 Å². The van der Waals surface area contributed by atoms with Crippen LogP contribution in [-0.4, -0.2) is 36.4 Å². The summed E-state index contributed by atoms with van der Waals surface area (Å²) in [5.41, 5.74) is 0.748. The predicted octanol–water partition coefficient (Wildman–Crippen LogP) is 2.32. The SMILES string of the molecule is C=C(C)C(=O)OCC1CO1.C=C(CCCC)C(=O)O. The fourth-order valence-corrected chi connectivity index (χ4v) is 0.953. The molecule has 1 aliphatic rings. The molecule has 0 saturated carbocycles. The van der Waals surface area contributed by atoms with E-state index in [-0.39, 0.29) is 12.1 Å². The van der Waals surface area contributed by atoms with Crippen LogP contribution in [0.25, 0.3) is 0 Å². The van der Waals surface area contributed by atoms with Gasteiger partial charge < -0.3 is 14.6 Å². The highest BCUT2D eigenvalue weighted by Crippen LogP contribution is 2.09. The minimum atomic E-state index is -0.872. The van der Waals surface area contributed by atoms with Gasteiger partial charge in [-0.05, 0) is 19.8 Å². The molecule has 1 rings (SSSR count). The van der Waals surface area contributed by atoms with E-state index < -0.39 is 5.97 Å². The van der Waals surface area contributed by atoms with E-state index in [4.69, 9.17) is 14.6 Å². The average molecular weight is 270 g/mol. The Bertz CT molecular complexity index is 342. The highest BCUT2D eigenvalue weighted by molar-refractivity contribution is 5.87. The average Bonchev–Trinajstić information content (AvgIpc) is 3.17. The number of carboxylic acid groups (broad SMARTS) is 1. The second-order valence-electron chi connectivity index (χ2n) is 4.35. The summed E-state index contributed by atoms with van der Waals surface area (Å²) in [7, 11) is 0. The minimum absolute atomic E-state index is 0.142. The summed E-state index contributed by atoms with van der Waals surface area (Å²) in [5.74, 6) is -1.21. The van der Waals surface area contributed by atoms with Gasteiger partial charge in [0.1, 0.15) is 12.7 Å². The second-order valence-corrected chi connectivity index (χ2v) is 4.35. The Labute approximate surface area is 113 Å². The number of rotatable bonds is 7. The third-order valence-electron chi connectivity index (χ3n) is 2.29. The molecule has 0 amide bonds. The van der Waals surface area contributed by atoms with Crippen molar-refractivity contribution in [3.63, 3.8) is 0 Å². The number of ether oxygens (including phenoxy) is 2. The molecule has 1 unspecified atom stereocenters. The van der Waals surface area contributed by atoms with Crippen LogP contribution in [0.5, 0.6) is 0 Å². The van der Waals surface area contributed by atoms with Crippen LogP contribution in [0, 0.1) is 0 Å². The van der Waals surface area contributed by atoms with Crippen LogP contribution in [-0.2, 0) is 19.1 Å². The lowest BCUT2D eigenvalue weighted by Crippen LogP contribution is -2.09. The molecule has 0 aromatic carbocycles. The second kappa shape index (κ2) is 9.33. The van der Waals surface area contributed by atoms with Crippen LogP contribution in [0.4, 0.5) is 0 Å². The number of carbonyl (C=O) groups is 2. The molecule has 19 heavy (non-hydrogen) atoms. The summed E-state index contributed by atoms with van der Waals surface area (Å²) >= 11 is 0. The molecule has 0 radical (unpaired) electrons. The molecule has 5 heteroatoms. The van der Waals surface area contributed by atoms with Crippen LogP contribution < -0.4 is 0 Å². The zero-order valence-electron chi connectivity index (χ0n) is 11.6. The van der Waals surface area contributed by atoms with E-state index >= 15 is 0 Å². The molecule has 0 aromatic rings. The van der Waals surface area contributed by atoms with Gasteiger partial charge in [-0.2, -0.15) is 0 Å². The molecular formula is C14H22O5. The Morgan fingerprint density at radius 3 is 2.37 bits per heavy atom. The van der Waals surface area contributed by atoms with Crippen LogP contribution in [0.15, 0.2) is 24.3 Å². The lowest BCUT2D eigenvalue weighted by atomic mass is 10.1. The molecule has 1 fully saturated rings. The topological polar surface area (TPSA) is 76.1 Å². The van der Waals surface area contributed by atoms with Crippen molar-refractivity contribution >= 4 is 11.9 Å². The lowest BCUT2D eigenvalue weighted by Gasteiger charge is -1.99. The van der Waals surface area contributed by atoms with Crippen molar-refractivity contribution in [1.29, 1.82) is 0 Å². The summed E-state index contributed by atoms with van der Waals surface area (Å²) in [6.07, 6.45) is 2.70. The van der Waals surface area contributed by atoms with Crippen molar-refractivity contribution in [2.75, 3.05) is 13.2 Å². The normalized spacial score (nSPS) is 15.8. The quantitative estimate of drug-likeness (QED) is 0.436. The van der Waals surface area contributed by atoms with Gasteiger partial charge in [0.25, 0.3) is 0 Å². The van der Waals surface area contributed by atoms with Gasteiger partial charge in [0.2, 0.25) is 0 Å². The Kier molecular flexibility index (Phi) is 8.53. The van der Waals surface area contributed by atoms with Crippen molar-refractivity contribution < 1.29 is 24.2 Å². The highest BCUT2D eigenvalue weighted by Gasteiger charge is 2.24. The number of hydrogen-bond acceptors (Lipinski definition) is 4. The van der Waals surface area contributed by atoms with Crippen molar-refractivity contribution in [2.24, 2.45) is 0 Å². The Hall–Kier alpha value is -1.62. The molecule has 0 aliphatic carbocycles. The third-order valence-corrected chi connectivity index (χ3v) is 2.29. The van der Waals surface area contributed by atoms with Crippen molar-refractivity contribution in [1.82, 2.24) is 0 Å². The molecule has 1 saturated heterocycles. The van der Waals surface area contributed by atoms with E-state index in [1.54, 1.807) is 6.92 Å². The maximum atomic E-state index is 10.7. The molecular weight excluding hydrogens is 248 g/mol. The lowest BCUT2D eigenvalue weighted by molar-refractivity contribution is -0.139. The Morgan fingerprint density at radius 1 is 1.42 bits per heavy atom. The predicted molar refractivity (Wildman–Crippen MR) is 71.8 cm³/mol. The Balaban J connectivity index is 0.000000344. The van der Waals surface area contributed by atoms with Gasteiger partial charge in [-0.3, -0.25) is 0 Å². The molecule has 5 nitrogen and oxygen atoms in total. The van der Waals surface area contributed by atoms with Crippen LogP contribution in [0.3, 0.4) is 0 Å². The molecule has 1 aliphatic heterocycles. The number of unbranched alkanes of at least 4 members (excludes halogenated alkanes) is 1. The van der Waals surface area contributed by atoms with Gasteiger partial charge in [-0.25, -0.2) is 9.59 Å².